The van der Waals surface area contributed by atoms with E-state index in [0.29, 0.717) is 25.3 Å². The number of ether oxygens (including phenoxy) is 1. The topological polar surface area (TPSA) is 94.2 Å². The molecular formula is C28H37N5O4. The zero-order chi connectivity index (χ0) is 26.2. The molecule has 37 heavy (non-hydrogen) atoms. The largest absolute Gasteiger partial charge is 0.497 e. The molecule has 0 atom stereocenters. The molecule has 0 bridgehead atoms. The molecule has 0 unspecified atom stereocenters. The molecule has 0 aromatic heterocycles. The van der Waals surface area contributed by atoms with E-state index in [1.807, 2.05) is 60.4 Å². The lowest BCUT2D eigenvalue weighted by atomic mass is 9.84. The van der Waals surface area contributed by atoms with Crippen molar-refractivity contribution >= 4 is 34.9 Å². The Morgan fingerprint density at radius 1 is 0.919 bits per heavy atom. The van der Waals surface area contributed by atoms with Crippen LogP contribution in [0.15, 0.2) is 48.5 Å². The number of carbonyl (C=O) groups is 3. The molecule has 9 heteroatoms. The summed E-state index contributed by atoms with van der Waals surface area (Å²) in [7, 11) is 1.61. The Kier molecular flexibility index (Phi) is 8.87. The second-order valence-electron chi connectivity index (χ2n) is 9.62. The van der Waals surface area contributed by atoms with Gasteiger partial charge in [0.15, 0.2) is 0 Å². The Hall–Kier alpha value is -3.75. The number of urea groups is 1. The summed E-state index contributed by atoms with van der Waals surface area (Å²) >= 11 is 0. The summed E-state index contributed by atoms with van der Waals surface area (Å²) in [4.78, 5) is 43.6. The summed E-state index contributed by atoms with van der Waals surface area (Å²) in [6.45, 7) is 5.38. The smallest absolute Gasteiger partial charge is 0.321 e. The molecule has 0 radical (unpaired) electrons. The van der Waals surface area contributed by atoms with E-state index in [1.165, 1.54) is 0 Å². The molecule has 2 fully saturated rings. The number of hydrogen-bond acceptors (Lipinski definition) is 5. The van der Waals surface area contributed by atoms with Crippen molar-refractivity contribution in [2.75, 3.05) is 61.9 Å². The van der Waals surface area contributed by atoms with Crippen molar-refractivity contribution in [3.8, 4) is 5.75 Å². The Morgan fingerprint density at radius 3 is 2.11 bits per heavy atom. The third kappa shape index (κ3) is 6.93. The maximum atomic E-state index is 12.6. The highest BCUT2D eigenvalue weighted by Gasteiger charge is 2.30. The lowest BCUT2D eigenvalue weighted by Crippen LogP contribution is -2.50. The number of benzene rings is 2. The monoisotopic (exact) mass is 507 g/mol. The maximum Gasteiger partial charge on any atom is 0.321 e. The van der Waals surface area contributed by atoms with Crippen molar-refractivity contribution in [2.45, 2.75) is 32.6 Å². The van der Waals surface area contributed by atoms with Gasteiger partial charge in [-0.2, -0.15) is 0 Å². The summed E-state index contributed by atoms with van der Waals surface area (Å²) in [5, 5.41) is 5.85. The minimum atomic E-state index is -0.176. The van der Waals surface area contributed by atoms with Crippen molar-refractivity contribution in [2.24, 2.45) is 5.92 Å². The highest BCUT2D eigenvalue weighted by molar-refractivity contribution is 5.95. The van der Waals surface area contributed by atoms with Crippen LogP contribution in [0.2, 0.25) is 0 Å². The molecule has 2 aromatic rings. The molecule has 0 spiro atoms. The first-order valence-electron chi connectivity index (χ1n) is 13.1. The molecule has 4 rings (SSSR count). The van der Waals surface area contributed by atoms with Gasteiger partial charge in [-0.05, 0) is 67.8 Å². The zero-order valence-corrected chi connectivity index (χ0v) is 21.7. The van der Waals surface area contributed by atoms with Gasteiger partial charge in [0.25, 0.3) is 0 Å². The number of nitrogens with one attached hydrogen (secondary N) is 2. The highest BCUT2D eigenvalue weighted by atomic mass is 16.5. The van der Waals surface area contributed by atoms with Crippen LogP contribution in [0.1, 0.15) is 32.6 Å². The molecule has 9 nitrogen and oxygen atoms in total. The molecule has 2 aliphatic rings. The van der Waals surface area contributed by atoms with Gasteiger partial charge >= 0.3 is 6.03 Å². The van der Waals surface area contributed by atoms with E-state index >= 15 is 0 Å². The number of carbonyl (C=O) groups excluding carboxylic acids is 3. The van der Waals surface area contributed by atoms with Crippen LogP contribution >= 0.6 is 0 Å². The molecule has 1 saturated carbocycles. The third-order valence-corrected chi connectivity index (χ3v) is 7.02. The van der Waals surface area contributed by atoms with Gasteiger partial charge in [-0.1, -0.05) is 13.3 Å². The first kappa shape index (κ1) is 26.3. The third-order valence-electron chi connectivity index (χ3n) is 7.02. The van der Waals surface area contributed by atoms with E-state index in [9.17, 15) is 14.4 Å². The Labute approximate surface area is 218 Å². The van der Waals surface area contributed by atoms with E-state index in [0.717, 1.165) is 55.9 Å². The summed E-state index contributed by atoms with van der Waals surface area (Å²) < 4.78 is 5.15. The van der Waals surface area contributed by atoms with E-state index in [2.05, 4.69) is 15.5 Å². The first-order chi connectivity index (χ1) is 18.0. The van der Waals surface area contributed by atoms with Crippen LogP contribution in [-0.2, 0) is 9.59 Å². The number of rotatable bonds is 9. The van der Waals surface area contributed by atoms with Crippen molar-refractivity contribution < 1.29 is 19.1 Å². The number of nitrogens with zero attached hydrogens (tertiary/aromatic N) is 3. The first-order valence-corrected chi connectivity index (χ1v) is 13.1. The fourth-order valence-electron chi connectivity index (χ4n) is 4.62. The molecule has 1 heterocycles. The van der Waals surface area contributed by atoms with Gasteiger partial charge in [0.1, 0.15) is 5.75 Å². The van der Waals surface area contributed by atoms with Gasteiger partial charge in [0.2, 0.25) is 11.8 Å². The average Bonchev–Trinajstić information content (AvgIpc) is 2.88. The second kappa shape index (κ2) is 12.5. The van der Waals surface area contributed by atoms with Gasteiger partial charge in [-0.15, -0.1) is 0 Å². The van der Waals surface area contributed by atoms with Gasteiger partial charge in [0, 0.05) is 55.7 Å². The maximum absolute atomic E-state index is 12.6. The Balaban J connectivity index is 1.23. The molecular weight excluding hydrogens is 470 g/mol. The predicted molar refractivity (Wildman–Crippen MR) is 145 cm³/mol. The summed E-state index contributed by atoms with van der Waals surface area (Å²) in [6, 6.07) is 14.9. The van der Waals surface area contributed by atoms with E-state index in [1.54, 1.807) is 12.0 Å². The van der Waals surface area contributed by atoms with Gasteiger partial charge in [-0.25, -0.2) is 4.79 Å². The van der Waals surface area contributed by atoms with E-state index in [-0.39, 0.29) is 30.3 Å². The van der Waals surface area contributed by atoms with Crippen molar-refractivity contribution in [1.29, 1.82) is 0 Å². The summed E-state index contributed by atoms with van der Waals surface area (Å²) in [5.74, 6) is 0.767. The van der Waals surface area contributed by atoms with Gasteiger partial charge in [0.05, 0.1) is 13.7 Å². The van der Waals surface area contributed by atoms with E-state index < -0.39 is 0 Å². The average molecular weight is 508 g/mol. The van der Waals surface area contributed by atoms with Crippen LogP contribution in [0.5, 0.6) is 5.75 Å². The summed E-state index contributed by atoms with van der Waals surface area (Å²) in [6.07, 6.45) is 3.80. The van der Waals surface area contributed by atoms with Crippen molar-refractivity contribution in [3.63, 3.8) is 0 Å². The minimum Gasteiger partial charge on any atom is -0.497 e. The lowest BCUT2D eigenvalue weighted by Gasteiger charge is -2.36. The molecule has 2 aromatic carbocycles. The number of amides is 4. The second-order valence-corrected chi connectivity index (χ2v) is 9.62. The van der Waals surface area contributed by atoms with Gasteiger partial charge < -0.3 is 30.1 Å². The number of piperazine rings is 1. The van der Waals surface area contributed by atoms with Gasteiger partial charge in [-0.3, -0.25) is 9.59 Å². The van der Waals surface area contributed by atoms with Crippen LogP contribution in [0, 0.1) is 5.92 Å². The standard InChI is InChI=1S/C28H37N5O4/c1-3-15-33(27(35)21-5-4-6-21)20-26(34)29-22-7-11-24(12-8-22)31-16-18-32(19-17-31)28(36)30-23-9-13-25(37-2)14-10-23/h7-14,21H,3-6,15-20H2,1-2H3,(H,29,34)(H,30,36). The fourth-order valence-corrected chi connectivity index (χ4v) is 4.62. The van der Waals surface area contributed by atoms with Crippen molar-refractivity contribution in [1.82, 2.24) is 9.80 Å². The predicted octanol–water partition coefficient (Wildman–Crippen LogP) is 4.03. The zero-order valence-electron chi connectivity index (χ0n) is 21.7. The molecule has 1 aliphatic heterocycles. The molecule has 1 aliphatic carbocycles. The quantitative estimate of drug-likeness (QED) is 0.535. The number of anilines is 3. The normalized spacial score (nSPS) is 15.5. The SMILES string of the molecule is CCCN(CC(=O)Nc1ccc(N2CCN(C(=O)Nc3ccc(OC)cc3)CC2)cc1)C(=O)C1CCC1. The highest BCUT2D eigenvalue weighted by Crippen LogP contribution is 2.28. The Morgan fingerprint density at radius 2 is 1.54 bits per heavy atom. The van der Waals surface area contributed by atoms with Crippen LogP contribution in [-0.4, -0.2) is 74.0 Å². The fraction of sp³-hybridized carbons (Fsp3) is 0.464. The lowest BCUT2D eigenvalue weighted by molar-refractivity contribution is -0.140. The van der Waals surface area contributed by atoms with Crippen LogP contribution < -0.4 is 20.3 Å². The molecule has 1 saturated heterocycles. The van der Waals surface area contributed by atoms with Crippen LogP contribution in [0.3, 0.4) is 0 Å². The summed E-state index contributed by atoms with van der Waals surface area (Å²) in [5.41, 5.74) is 2.48. The van der Waals surface area contributed by atoms with E-state index in [4.69, 9.17) is 4.74 Å². The number of hydrogen-bond donors (Lipinski definition) is 2. The molecule has 2 N–H and O–H groups in total. The van der Waals surface area contributed by atoms with Crippen LogP contribution in [0.4, 0.5) is 21.9 Å². The minimum absolute atomic E-state index is 0.0888. The molecule has 198 valence electrons. The molecule has 4 amide bonds. The van der Waals surface area contributed by atoms with Crippen LogP contribution in [0.25, 0.3) is 0 Å². The Bertz CT molecular complexity index is 1060. The van der Waals surface area contributed by atoms with Crippen molar-refractivity contribution in [3.05, 3.63) is 48.5 Å². The number of methoxy groups -OCH3 is 1.